The second-order valence-corrected chi connectivity index (χ2v) is 11.5. The molecule has 5 unspecified atom stereocenters. The second kappa shape index (κ2) is 13.4. The Balaban J connectivity index is 1.22. The lowest BCUT2D eigenvalue weighted by Crippen LogP contribution is -2.37. The Morgan fingerprint density at radius 2 is 1.73 bits per heavy atom. The van der Waals surface area contributed by atoms with E-state index in [1.165, 1.54) is 17.7 Å². The number of aliphatic hydroxyl groups excluding tert-OH is 2. The molecule has 40 heavy (non-hydrogen) atoms. The molecule has 0 aromatic heterocycles. The van der Waals surface area contributed by atoms with Gasteiger partial charge in [0.1, 0.15) is 0 Å². The quantitative estimate of drug-likeness (QED) is 0.144. The van der Waals surface area contributed by atoms with E-state index in [1.807, 2.05) is 36.4 Å². The summed E-state index contributed by atoms with van der Waals surface area (Å²) in [6.07, 6.45) is 10.3. The molecule has 2 aromatic carbocycles. The van der Waals surface area contributed by atoms with Crippen molar-refractivity contribution in [1.29, 1.82) is 0 Å². The lowest BCUT2D eigenvalue weighted by Gasteiger charge is -2.31. The Labute approximate surface area is 240 Å². The van der Waals surface area contributed by atoms with Crippen LogP contribution in [0.4, 0.5) is 0 Å². The van der Waals surface area contributed by atoms with E-state index in [9.17, 15) is 24.6 Å². The van der Waals surface area contributed by atoms with Crippen molar-refractivity contribution in [3.05, 3.63) is 95.6 Å². The molecule has 1 aliphatic carbocycles. The number of aliphatic hydroxyl groups is 2. The maximum atomic E-state index is 12.3. The van der Waals surface area contributed by atoms with Crippen LogP contribution in [0.2, 0.25) is 0 Å². The summed E-state index contributed by atoms with van der Waals surface area (Å²) in [4.78, 5) is 41.9. The van der Waals surface area contributed by atoms with Gasteiger partial charge in [-0.1, -0.05) is 78.8 Å². The van der Waals surface area contributed by atoms with Crippen molar-refractivity contribution >= 4 is 30.4 Å². The van der Waals surface area contributed by atoms with E-state index in [0.29, 0.717) is 30.2 Å². The molecule has 2 amide bonds. The first-order valence-electron chi connectivity index (χ1n) is 13.8. The summed E-state index contributed by atoms with van der Waals surface area (Å²) in [6.45, 7) is 2.15. The molecule has 212 valence electrons. The fraction of sp³-hybridized carbons (Fsp3) is 0.406. The Morgan fingerprint density at radius 1 is 1.07 bits per heavy atom. The maximum absolute atomic E-state index is 12.3. The molecule has 0 bridgehead atoms. The van der Waals surface area contributed by atoms with E-state index in [-0.39, 0.29) is 29.9 Å². The monoisotopic (exact) mass is 563 g/mol. The van der Waals surface area contributed by atoms with Crippen LogP contribution in [0.1, 0.15) is 71.7 Å². The van der Waals surface area contributed by atoms with Crippen LogP contribution in [-0.4, -0.2) is 50.0 Å². The number of imide groups is 1. The molecule has 1 saturated carbocycles. The molecule has 0 saturated heterocycles. The van der Waals surface area contributed by atoms with Crippen molar-refractivity contribution in [3.8, 4) is 0 Å². The van der Waals surface area contributed by atoms with Gasteiger partial charge in [0.15, 0.2) is 0 Å². The van der Waals surface area contributed by atoms with Gasteiger partial charge in [-0.05, 0) is 55.7 Å². The molecule has 2 N–H and O–H groups in total. The van der Waals surface area contributed by atoms with Crippen molar-refractivity contribution in [1.82, 2.24) is 5.06 Å². The van der Waals surface area contributed by atoms with Gasteiger partial charge in [0, 0.05) is 18.8 Å². The van der Waals surface area contributed by atoms with Crippen LogP contribution in [0.15, 0.2) is 78.9 Å². The van der Waals surface area contributed by atoms with Gasteiger partial charge in [-0.2, -0.15) is 12.6 Å². The van der Waals surface area contributed by atoms with Gasteiger partial charge in [-0.3, -0.25) is 9.59 Å². The number of rotatable bonds is 12. The second-order valence-electron chi connectivity index (χ2n) is 10.7. The number of amides is 2. The SMILES string of the molecule is CC(C=CC1C(O)CC(O)C1(S)CC=CCCCC(=O)ON1C(=O)c2ccccc2C1=O)CCc1ccccc1. The highest BCUT2D eigenvalue weighted by Gasteiger charge is 2.50. The summed E-state index contributed by atoms with van der Waals surface area (Å²) >= 11 is 4.85. The first kappa shape index (κ1) is 29.8. The summed E-state index contributed by atoms with van der Waals surface area (Å²) < 4.78 is -0.796. The third-order valence-electron chi connectivity index (χ3n) is 7.72. The van der Waals surface area contributed by atoms with Crippen molar-refractivity contribution in [2.75, 3.05) is 0 Å². The van der Waals surface area contributed by atoms with Gasteiger partial charge in [-0.25, -0.2) is 4.79 Å². The fourth-order valence-electron chi connectivity index (χ4n) is 5.30. The number of unbranched alkanes of at least 4 members (excludes halogenated alkanes) is 1. The van der Waals surface area contributed by atoms with E-state index >= 15 is 0 Å². The third-order valence-corrected chi connectivity index (χ3v) is 8.50. The Kier molecular flexibility index (Phi) is 10.0. The minimum absolute atomic E-state index is 0.0390. The average molecular weight is 564 g/mol. The van der Waals surface area contributed by atoms with Crippen LogP contribution < -0.4 is 0 Å². The highest BCUT2D eigenvalue weighted by molar-refractivity contribution is 7.82. The molecule has 5 atom stereocenters. The van der Waals surface area contributed by atoms with Crippen LogP contribution in [0.3, 0.4) is 0 Å². The fourth-order valence-corrected chi connectivity index (χ4v) is 5.77. The number of carbonyl (C=O) groups excluding carboxylic acids is 3. The molecule has 1 aliphatic heterocycles. The standard InChI is InChI=1S/C32H37NO6S/c1-22(16-18-23-11-5-4-6-12-23)17-19-26-27(34)21-28(35)32(26,40)20-10-3-2-7-15-29(36)39-33-30(37)24-13-8-9-14-25(24)31(33)38/h3-6,8-14,17,19,22,26-28,34-35,40H,2,7,15-16,18,20-21H2,1H3. The number of carbonyl (C=O) groups is 3. The van der Waals surface area contributed by atoms with E-state index in [4.69, 9.17) is 17.5 Å². The first-order chi connectivity index (χ1) is 19.2. The predicted octanol–water partition coefficient (Wildman–Crippen LogP) is 5.09. The predicted molar refractivity (Wildman–Crippen MR) is 156 cm³/mol. The molecule has 2 aliphatic rings. The summed E-state index contributed by atoms with van der Waals surface area (Å²) in [7, 11) is 0. The van der Waals surface area contributed by atoms with Gasteiger partial charge in [0.25, 0.3) is 11.8 Å². The van der Waals surface area contributed by atoms with Gasteiger partial charge in [0.2, 0.25) is 0 Å². The van der Waals surface area contributed by atoms with E-state index < -0.39 is 34.7 Å². The molecular weight excluding hydrogens is 526 g/mol. The van der Waals surface area contributed by atoms with Crippen LogP contribution in [0.5, 0.6) is 0 Å². The van der Waals surface area contributed by atoms with Gasteiger partial charge < -0.3 is 15.1 Å². The number of fused-ring (bicyclic) bond motifs is 1. The number of thiol groups is 1. The highest BCUT2D eigenvalue weighted by Crippen LogP contribution is 2.45. The Bertz CT molecular complexity index is 1230. The first-order valence-corrected chi connectivity index (χ1v) is 14.3. The molecule has 0 radical (unpaired) electrons. The maximum Gasteiger partial charge on any atom is 0.333 e. The van der Waals surface area contributed by atoms with Crippen LogP contribution in [0, 0.1) is 11.8 Å². The smallest absolute Gasteiger partial charge is 0.333 e. The zero-order valence-corrected chi connectivity index (χ0v) is 23.6. The van der Waals surface area contributed by atoms with Gasteiger partial charge in [0.05, 0.1) is 28.1 Å². The molecule has 1 fully saturated rings. The lowest BCUT2D eigenvalue weighted by molar-refractivity contribution is -0.168. The zero-order chi connectivity index (χ0) is 28.7. The summed E-state index contributed by atoms with van der Waals surface area (Å²) in [6, 6.07) is 16.7. The van der Waals surface area contributed by atoms with Crippen LogP contribution >= 0.6 is 12.6 Å². The number of hydroxylamine groups is 2. The third kappa shape index (κ3) is 6.92. The minimum Gasteiger partial charge on any atom is -0.392 e. The van der Waals surface area contributed by atoms with E-state index in [2.05, 4.69) is 25.1 Å². The van der Waals surface area contributed by atoms with E-state index in [0.717, 1.165) is 12.8 Å². The van der Waals surface area contributed by atoms with Crippen molar-refractivity contribution < 1.29 is 29.4 Å². The summed E-state index contributed by atoms with van der Waals surface area (Å²) in [5.74, 6) is -1.91. The number of benzene rings is 2. The molecule has 4 rings (SSSR count). The van der Waals surface area contributed by atoms with E-state index in [1.54, 1.807) is 12.1 Å². The van der Waals surface area contributed by atoms with Crippen LogP contribution in [-0.2, 0) is 16.1 Å². The Hall–Kier alpha value is -3.20. The number of aryl methyl sites for hydroxylation is 1. The van der Waals surface area contributed by atoms with Gasteiger partial charge in [-0.15, -0.1) is 0 Å². The molecular formula is C32H37NO6S. The molecule has 7 nitrogen and oxygen atoms in total. The molecule has 0 spiro atoms. The lowest BCUT2D eigenvalue weighted by atomic mass is 9.87. The summed E-state index contributed by atoms with van der Waals surface area (Å²) in [5, 5.41) is 21.9. The summed E-state index contributed by atoms with van der Waals surface area (Å²) in [5.41, 5.74) is 1.74. The number of nitrogens with zero attached hydrogens (tertiary/aromatic N) is 1. The normalized spacial score (nSPS) is 25.2. The molecule has 1 heterocycles. The van der Waals surface area contributed by atoms with Crippen molar-refractivity contribution in [2.45, 2.75) is 68.8 Å². The highest BCUT2D eigenvalue weighted by atomic mass is 32.1. The number of hydrogen-bond donors (Lipinski definition) is 3. The van der Waals surface area contributed by atoms with Crippen molar-refractivity contribution in [3.63, 3.8) is 0 Å². The number of hydrogen-bond acceptors (Lipinski definition) is 7. The van der Waals surface area contributed by atoms with Crippen LogP contribution in [0.25, 0.3) is 0 Å². The largest absolute Gasteiger partial charge is 0.392 e. The topological polar surface area (TPSA) is 104 Å². The molecule has 2 aromatic rings. The zero-order valence-electron chi connectivity index (χ0n) is 22.7. The number of allylic oxidation sites excluding steroid dienone is 3. The van der Waals surface area contributed by atoms with Crippen molar-refractivity contribution in [2.24, 2.45) is 11.8 Å². The molecule has 8 heteroatoms. The minimum atomic E-state index is -0.796. The average Bonchev–Trinajstić information content (AvgIpc) is 3.31. The Morgan fingerprint density at radius 3 is 2.40 bits per heavy atom. The van der Waals surface area contributed by atoms with Gasteiger partial charge >= 0.3 is 5.97 Å².